The van der Waals surface area contributed by atoms with Gasteiger partial charge in [-0.3, -0.25) is 14.5 Å². The molecule has 2 aromatic rings. The van der Waals surface area contributed by atoms with Gasteiger partial charge in [-0.1, -0.05) is 6.07 Å². The van der Waals surface area contributed by atoms with Gasteiger partial charge in [0.15, 0.2) is 5.78 Å². The molecule has 0 spiro atoms. The van der Waals surface area contributed by atoms with Crippen molar-refractivity contribution in [2.75, 3.05) is 26.1 Å². The van der Waals surface area contributed by atoms with Gasteiger partial charge in [-0.2, -0.15) is 0 Å². The number of hydrogen-bond acceptors (Lipinski definition) is 5. The number of Topliss-reactive ketones (excluding diaryl/α,β-unsaturated/α-hetero) is 1. The molecular formula is C23H28N2O4. The molecular weight excluding hydrogens is 368 g/mol. The van der Waals surface area contributed by atoms with E-state index in [1.807, 2.05) is 25.1 Å². The molecule has 0 bridgehead atoms. The maximum absolute atomic E-state index is 12.9. The van der Waals surface area contributed by atoms with Crippen LogP contribution in [-0.4, -0.2) is 43.4 Å². The van der Waals surface area contributed by atoms with Crippen LogP contribution < -0.4 is 14.8 Å². The van der Waals surface area contributed by atoms with Gasteiger partial charge in [0, 0.05) is 28.9 Å². The van der Waals surface area contributed by atoms with E-state index in [4.69, 9.17) is 9.47 Å². The second-order valence-electron chi connectivity index (χ2n) is 7.30. The van der Waals surface area contributed by atoms with E-state index in [9.17, 15) is 9.59 Å². The molecule has 0 aliphatic carbocycles. The first-order chi connectivity index (χ1) is 13.9. The Bertz CT molecular complexity index is 879. The number of nitrogens with zero attached hydrogens (tertiary/aromatic N) is 1. The first-order valence-electron chi connectivity index (χ1n) is 9.84. The Balaban J connectivity index is 1.74. The second kappa shape index (κ2) is 9.09. The van der Waals surface area contributed by atoms with Crippen molar-refractivity contribution in [2.45, 2.75) is 38.8 Å². The number of amides is 1. The molecule has 1 fully saturated rings. The van der Waals surface area contributed by atoms with E-state index in [1.54, 1.807) is 38.5 Å². The fraction of sp³-hybridized carbons (Fsp3) is 0.391. The number of rotatable bonds is 7. The van der Waals surface area contributed by atoms with Crippen LogP contribution in [0.15, 0.2) is 42.5 Å². The maximum atomic E-state index is 12.9. The molecule has 154 valence electrons. The van der Waals surface area contributed by atoms with Gasteiger partial charge in [-0.25, -0.2) is 0 Å². The Labute approximate surface area is 171 Å². The van der Waals surface area contributed by atoms with Crippen LogP contribution in [0.25, 0.3) is 0 Å². The lowest BCUT2D eigenvalue weighted by Gasteiger charge is -2.31. The Morgan fingerprint density at radius 1 is 1.10 bits per heavy atom. The molecule has 6 nitrogen and oxygen atoms in total. The lowest BCUT2D eigenvalue weighted by atomic mass is 10.0. The van der Waals surface area contributed by atoms with Crippen LogP contribution in [0.2, 0.25) is 0 Å². The molecule has 6 heteroatoms. The van der Waals surface area contributed by atoms with Crippen LogP contribution >= 0.6 is 0 Å². The summed E-state index contributed by atoms with van der Waals surface area (Å²) < 4.78 is 10.9. The molecule has 1 aliphatic rings. The van der Waals surface area contributed by atoms with Crippen molar-refractivity contribution in [1.29, 1.82) is 0 Å². The molecule has 1 heterocycles. The highest BCUT2D eigenvalue weighted by atomic mass is 16.5. The predicted octanol–water partition coefficient (Wildman–Crippen LogP) is 4.07. The van der Waals surface area contributed by atoms with Gasteiger partial charge in [0.25, 0.3) is 0 Å². The lowest BCUT2D eigenvalue weighted by Crippen LogP contribution is -2.41. The molecule has 1 N–H and O–H groups in total. The average Bonchev–Trinajstić information content (AvgIpc) is 3.22. The molecule has 3 rings (SSSR count). The van der Waals surface area contributed by atoms with Crippen molar-refractivity contribution in [3.8, 4) is 11.5 Å². The second-order valence-corrected chi connectivity index (χ2v) is 7.30. The Kier molecular flexibility index (Phi) is 6.54. The van der Waals surface area contributed by atoms with Crippen LogP contribution in [0.5, 0.6) is 11.5 Å². The summed E-state index contributed by atoms with van der Waals surface area (Å²) in [6, 6.07) is 12.6. The molecule has 1 aliphatic heterocycles. The number of anilines is 1. The van der Waals surface area contributed by atoms with Crippen molar-refractivity contribution in [3.63, 3.8) is 0 Å². The number of ketones is 1. The topological polar surface area (TPSA) is 67.9 Å². The highest BCUT2D eigenvalue weighted by Crippen LogP contribution is 2.39. The molecule has 0 radical (unpaired) electrons. The van der Waals surface area contributed by atoms with Crippen molar-refractivity contribution in [2.24, 2.45) is 0 Å². The van der Waals surface area contributed by atoms with Crippen LogP contribution in [0.1, 0.15) is 48.7 Å². The quantitative estimate of drug-likeness (QED) is 0.715. The minimum Gasteiger partial charge on any atom is -0.497 e. The first kappa shape index (κ1) is 20.9. The lowest BCUT2D eigenvalue weighted by molar-refractivity contribution is -0.121. The molecule has 1 saturated heterocycles. The third kappa shape index (κ3) is 4.59. The normalized spacial score (nSPS) is 17.6. The summed E-state index contributed by atoms with van der Waals surface area (Å²) in [7, 11) is 3.28. The largest absolute Gasteiger partial charge is 0.497 e. The average molecular weight is 396 g/mol. The highest BCUT2D eigenvalue weighted by Gasteiger charge is 2.34. The molecule has 1 amide bonds. The summed E-state index contributed by atoms with van der Waals surface area (Å²) in [5.41, 5.74) is 2.38. The van der Waals surface area contributed by atoms with Gasteiger partial charge in [-0.15, -0.1) is 0 Å². The summed E-state index contributed by atoms with van der Waals surface area (Å²) in [6.45, 7) is 4.29. The Hall–Kier alpha value is -2.86. The molecule has 0 unspecified atom stereocenters. The van der Waals surface area contributed by atoms with Gasteiger partial charge in [-0.05, 0) is 63.6 Å². The third-order valence-electron chi connectivity index (χ3n) is 5.53. The zero-order valence-electron chi connectivity index (χ0n) is 17.4. The van der Waals surface area contributed by atoms with Crippen molar-refractivity contribution < 1.29 is 19.1 Å². The summed E-state index contributed by atoms with van der Waals surface area (Å²) in [5.74, 6) is 1.45. The number of hydrogen-bond donors (Lipinski definition) is 1. The fourth-order valence-corrected chi connectivity index (χ4v) is 3.87. The van der Waals surface area contributed by atoms with Crippen LogP contribution in [-0.2, 0) is 4.79 Å². The molecule has 0 aromatic heterocycles. The smallest absolute Gasteiger partial charge is 0.241 e. The van der Waals surface area contributed by atoms with E-state index < -0.39 is 0 Å². The summed E-state index contributed by atoms with van der Waals surface area (Å²) >= 11 is 0. The maximum Gasteiger partial charge on any atom is 0.241 e. The van der Waals surface area contributed by atoms with Crippen molar-refractivity contribution in [3.05, 3.63) is 53.6 Å². The number of ether oxygens (including phenoxy) is 2. The zero-order valence-corrected chi connectivity index (χ0v) is 17.4. The third-order valence-corrected chi connectivity index (χ3v) is 5.53. The molecule has 2 atom stereocenters. The highest BCUT2D eigenvalue weighted by molar-refractivity contribution is 5.97. The van der Waals surface area contributed by atoms with Crippen molar-refractivity contribution >= 4 is 17.4 Å². The number of carbonyl (C=O) groups excluding carboxylic acids is 2. The number of carbonyl (C=O) groups is 2. The van der Waals surface area contributed by atoms with E-state index in [1.165, 1.54) is 6.92 Å². The Morgan fingerprint density at radius 2 is 1.83 bits per heavy atom. The SMILES string of the molecule is COc1ccc([C@H]2CCCN2[C@@H](C)C(=O)Nc2ccc(C(C)=O)cc2)c(OC)c1. The van der Waals surface area contributed by atoms with Crippen LogP contribution in [0.3, 0.4) is 0 Å². The van der Waals surface area contributed by atoms with Gasteiger partial charge >= 0.3 is 0 Å². The van der Waals surface area contributed by atoms with Gasteiger partial charge < -0.3 is 14.8 Å². The number of methoxy groups -OCH3 is 2. The minimum absolute atomic E-state index is 0.00425. The van der Waals surface area contributed by atoms with Crippen LogP contribution in [0, 0.1) is 0 Å². The van der Waals surface area contributed by atoms with E-state index in [0.29, 0.717) is 11.3 Å². The van der Waals surface area contributed by atoms with Gasteiger partial charge in [0.2, 0.25) is 5.91 Å². The van der Waals surface area contributed by atoms with E-state index in [2.05, 4.69) is 10.2 Å². The van der Waals surface area contributed by atoms with Crippen molar-refractivity contribution in [1.82, 2.24) is 4.90 Å². The van der Waals surface area contributed by atoms with E-state index in [0.717, 1.165) is 36.4 Å². The Morgan fingerprint density at radius 3 is 2.45 bits per heavy atom. The zero-order chi connectivity index (χ0) is 21.0. The van der Waals surface area contributed by atoms with Crippen LogP contribution in [0.4, 0.5) is 5.69 Å². The number of likely N-dealkylation sites (tertiary alicyclic amines) is 1. The van der Waals surface area contributed by atoms with Gasteiger partial charge in [0.1, 0.15) is 11.5 Å². The summed E-state index contributed by atoms with van der Waals surface area (Å²) in [6.07, 6.45) is 1.98. The number of nitrogens with one attached hydrogen (secondary N) is 1. The monoisotopic (exact) mass is 396 g/mol. The molecule has 0 saturated carbocycles. The van der Waals surface area contributed by atoms with E-state index in [-0.39, 0.29) is 23.8 Å². The first-order valence-corrected chi connectivity index (χ1v) is 9.84. The standard InChI is InChI=1S/C23H28N2O4/c1-15(23(27)24-18-9-7-17(8-10-18)16(2)26)25-13-5-6-21(25)20-12-11-19(28-3)14-22(20)29-4/h7-12,14-15,21H,5-6,13H2,1-4H3,(H,24,27)/t15-,21+/m0/s1. The summed E-state index contributed by atoms with van der Waals surface area (Å²) in [5, 5.41) is 2.96. The molecule has 29 heavy (non-hydrogen) atoms. The van der Waals surface area contributed by atoms with Gasteiger partial charge in [0.05, 0.1) is 20.3 Å². The predicted molar refractivity (Wildman–Crippen MR) is 113 cm³/mol. The fourth-order valence-electron chi connectivity index (χ4n) is 3.87. The minimum atomic E-state index is -0.304. The summed E-state index contributed by atoms with van der Waals surface area (Å²) in [4.78, 5) is 26.5. The molecule has 2 aromatic carbocycles. The van der Waals surface area contributed by atoms with E-state index >= 15 is 0 Å². The number of benzene rings is 2.